The average Bonchev–Trinajstić information content (AvgIpc) is 2.88. The number of anilines is 1. The van der Waals surface area contributed by atoms with Crippen LogP contribution in [0.4, 0.5) is 10.5 Å². The van der Waals surface area contributed by atoms with Crippen LogP contribution in [0, 0.1) is 5.92 Å². The summed E-state index contributed by atoms with van der Waals surface area (Å²) < 4.78 is 10.1. The molecule has 2 N–H and O–H groups in total. The summed E-state index contributed by atoms with van der Waals surface area (Å²) in [5, 5.41) is 5.83. The molecule has 2 aliphatic heterocycles. The van der Waals surface area contributed by atoms with E-state index >= 15 is 0 Å². The lowest BCUT2D eigenvalue weighted by molar-refractivity contribution is -0.134. The molecule has 35 heavy (non-hydrogen) atoms. The van der Waals surface area contributed by atoms with Gasteiger partial charge in [0.15, 0.2) is 0 Å². The summed E-state index contributed by atoms with van der Waals surface area (Å²) in [5.74, 6) is -1.20. The fourth-order valence-electron chi connectivity index (χ4n) is 4.74. The fourth-order valence-corrected chi connectivity index (χ4v) is 4.74. The molecule has 0 aliphatic carbocycles. The Morgan fingerprint density at radius 3 is 2.66 bits per heavy atom. The summed E-state index contributed by atoms with van der Waals surface area (Å²) in [5.41, 5.74) is 1.77. The lowest BCUT2D eigenvalue weighted by atomic mass is 9.93. The number of rotatable bonds is 11. The van der Waals surface area contributed by atoms with E-state index in [0.29, 0.717) is 39.1 Å². The van der Waals surface area contributed by atoms with E-state index in [1.807, 2.05) is 24.3 Å². The van der Waals surface area contributed by atoms with Gasteiger partial charge in [-0.25, -0.2) is 4.79 Å². The van der Waals surface area contributed by atoms with E-state index in [2.05, 4.69) is 22.5 Å². The summed E-state index contributed by atoms with van der Waals surface area (Å²) in [4.78, 5) is 42.9. The Hall–Kier alpha value is -2.65. The van der Waals surface area contributed by atoms with Crippen LogP contribution in [0.5, 0.6) is 0 Å². The van der Waals surface area contributed by atoms with Crippen molar-refractivity contribution in [2.45, 2.75) is 51.5 Å². The first-order valence-electron chi connectivity index (χ1n) is 12.8. The minimum absolute atomic E-state index is 0.214. The zero-order chi connectivity index (χ0) is 25.0. The Balaban J connectivity index is 1.71. The van der Waals surface area contributed by atoms with Gasteiger partial charge in [0, 0.05) is 38.4 Å². The van der Waals surface area contributed by atoms with Crippen LogP contribution in [0.1, 0.15) is 44.6 Å². The van der Waals surface area contributed by atoms with Crippen molar-refractivity contribution in [1.82, 2.24) is 15.5 Å². The van der Waals surface area contributed by atoms with Crippen LogP contribution < -0.4 is 15.5 Å². The number of fused-ring (bicyclic) bond motifs is 1. The molecular weight excluding hydrogens is 448 g/mol. The number of nitrogens with zero attached hydrogens (tertiary/aromatic N) is 2. The van der Waals surface area contributed by atoms with Crippen LogP contribution in [0.25, 0.3) is 0 Å². The second-order valence-corrected chi connectivity index (χ2v) is 9.26. The van der Waals surface area contributed by atoms with Crippen LogP contribution in [-0.2, 0) is 25.5 Å². The van der Waals surface area contributed by atoms with Gasteiger partial charge < -0.3 is 25.0 Å². The van der Waals surface area contributed by atoms with Gasteiger partial charge in [-0.1, -0.05) is 50.8 Å². The number of hydrogen-bond donors (Lipinski definition) is 2. The minimum atomic E-state index is -0.763. The van der Waals surface area contributed by atoms with E-state index < -0.39 is 12.0 Å². The van der Waals surface area contributed by atoms with Gasteiger partial charge in [0.05, 0.1) is 26.4 Å². The fraction of sp³-hybridized carbons (Fsp3) is 0.654. The number of carbonyl (C=O) groups excluding carboxylic acids is 3. The van der Waals surface area contributed by atoms with Crippen molar-refractivity contribution >= 4 is 23.6 Å². The predicted octanol–water partition coefficient (Wildman–Crippen LogP) is 2.34. The lowest BCUT2D eigenvalue weighted by Gasteiger charge is -2.36. The van der Waals surface area contributed by atoms with Crippen molar-refractivity contribution in [2.75, 3.05) is 57.9 Å². The zero-order valence-electron chi connectivity index (χ0n) is 21.1. The molecule has 2 heterocycles. The molecule has 9 heteroatoms. The van der Waals surface area contributed by atoms with E-state index in [1.165, 1.54) is 7.11 Å². The first-order valence-corrected chi connectivity index (χ1v) is 12.8. The Bertz CT molecular complexity index is 843. The van der Waals surface area contributed by atoms with Crippen molar-refractivity contribution < 1.29 is 23.9 Å². The van der Waals surface area contributed by atoms with Gasteiger partial charge in [-0.3, -0.25) is 14.5 Å². The monoisotopic (exact) mass is 488 g/mol. The number of benzene rings is 1. The molecule has 1 aromatic carbocycles. The van der Waals surface area contributed by atoms with Gasteiger partial charge in [0.1, 0.15) is 5.92 Å². The number of para-hydroxylation sites is 1. The highest BCUT2D eigenvalue weighted by atomic mass is 16.5. The van der Waals surface area contributed by atoms with Crippen molar-refractivity contribution in [2.24, 2.45) is 5.92 Å². The lowest BCUT2D eigenvalue weighted by Crippen LogP contribution is -2.53. The van der Waals surface area contributed by atoms with Crippen molar-refractivity contribution in [3.05, 3.63) is 29.8 Å². The molecule has 3 rings (SSSR count). The molecule has 9 nitrogen and oxygen atoms in total. The molecule has 1 saturated heterocycles. The van der Waals surface area contributed by atoms with Gasteiger partial charge >= 0.3 is 6.09 Å². The number of morpholine rings is 1. The van der Waals surface area contributed by atoms with E-state index in [4.69, 9.17) is 9.47 Å². The van der Waals surface area contributed by atoms with Gasteiger partial charge in [-0.2, -0.15) is 0 Å². The summed E-state index contributed by atoms with van der Waals surface area (Å²) in [6.45, 7) is 6.81. The summed E-state index contributed by atoms with van der Waals surface area (Å²) >= 11 is 0. The van der Waals surface area contributed by atoms with Crippen molar-refractivity contribution in [1.29, 1.82) is 0 Å². The predicted molar refractivity (Wildman–Crippen MR) is 134 cm³/mol. The van der Waals surface area contributed by atoms with Crippen molar-refractivity contribution in [3.63, 3.8) is 0 Å². The molecule has 1 fully saturated rings. The third-order valence-corrected chi connectivity index (χ3v) is 6.72. The van der Waals surface area contributed by atoms with Crippen LogP contribution >= 0.6 is 0 Å². The molecular formula is C26H40N4O5. The maximum Gasteiger partial charge on any atom is 0.407 e. The topological polar surface area (TPSA) is 100 Å². The molecule has 2 atom stereocenters. The summed E-state index contributed by atoms with van der Waals surface area (Å²) in [6.07, 6.45) is 4.56. The largest absolute Gasteiger partial charge is 0.453 e. The number of nitrogens with one attached hydrogen (secondary N) is 2. The number of ether oxygens (including phenoxy) is 2. The summed E-state index contributed by atoms with van der Waals surface area (Å²) in [6, 6.07) is 7.39. The minimum Gasteiger partial charge on any atom is -0.453 e. The summed E-state index contributed by atoms with van der Waals surface area (Å²) in [7, 11) is 1.32. The van der Waals surface area contributed by atoms with E-state index in [0.717, 1.165) is 56.6 Å². The first-order chi connectivity index (χ1) is 17.0. The number of unbranched alkanes of at least 4 members (excludes halogenated alkanes) is 3. The number of methoxy groups -OCH3 is 1. The van der Waals surface area contributed by atoms with Gasteiger partial charge in [-0.05, 0) is 24.5 Å². The maximum atomic E-state index is 13.8. The van der Waals surface area contributed by atoms with Crippen LogP contribution in [-0.4, -0.2) is 81.9 Å². The standard InChI is InChI=1S/C26H40N4O5/c1-3-4-5-6-10-22(24(31)27-12-13-29-14-16-35-17-15-29)25(32)30-19-21(28-26(33)34-2)18-20-9-7-8-11-23(20)30/h7-9,11,21-22H,3-6,10,12-19H2,1-2H3,(H,27,31)(H,28,33). The van der Waals surface area contributed by atoms with Crippen LogP contribution in [0.2, 0.25) is 0 Å². The Labute approximate surface area is 208 Å². The molecule has 1 aromatic rings. The van der Waals surface area contributed by atoms with E-state index in [-0.39, 0.29) is 17.9 Å². The highest BCUT2D eigenvalue weighted by Gasteiger charge is 2.36. The van der Waals surface area contributed by atoms with Gasteiger partial charge in [0.25, 0.3) is 0 Å². The van der Waals surface area contributed by atoms with Gasteiger partial charge in [0.2, 0.25) is 11.8 Å². The molecule has 0 spiro atoms. The molecule has 2 aliphatic rings. The van der Waals surface area contributed by atoms with Crippen molar-refractivity contribution in [3.8, 4) is 0 Å². The van der Waals surface area contributed by atoms with Crippen LogP contribution in [0.3, 0.4) is 0 Å². The first kappa shape index (κ1) is 26.9. The molecule has 0 saturated carbocycles. The second kappa shape index (κ2) is 14.0. The average molecular weight is 489 g/mol. The quantitative estimate of drug-likeness (QED) is 0.366. The Morgan fingerprint density at radius 2 is 1.91 bits per heavy atom. The number of hydrogen-bond acceptors (Lipinski definition) is 6. The maximum absolute atomic E-state index is 13.8. The molecule has 0 bridgehead atoms. The normalized spacial score (nSPS) is 18.9. The molecule has 194 valence electrons. The third kappa shape index (κ3) is 7.93. The molecule has 3 amide bonds. The number of alkyl carbamates (subject to hydrolysis) is 1. The van der Waals surface area contributed by atoms with E-state index in [9.17, 15) is 14.4 Å². The molecule has 0 radical (unpaired) electrons. The third-order valence-electron chi connectivity index (χ3n) is 6.72. The second-order valence-electron chi connectivity index (χ2n) is 9.26. The zero-order valence-corrected chi connectivity index (χ0v) is 21.1. The number of amides is 3. The van der Waals surface area contributed by atoms with E-state index in [1.54, 1.807) is 4.90 Å². The molecule has 2 unspecified atom stereocenters. The smallest absolute Gasteiger partial charge is 0.407 e. The number of carbonyl (C=O) groups is 3. The highest BCUT2D eigenvalue weighted by Crippen LogP contribution is 2.29. The van der Waals surface area contributed by atoms with Gasteiger partial charge in [-0.15, -0.1) is 0 Å². The Morgan fingerprint density at radius 1 is 1.14 bits per heavy atom. The molecule has 0 aromatic heterocycles. The SMILES string of the molecule is CCCCCCC(C(=O)NCCN1CCOCC1)C(=O)N1CC(NC(=O)OC)Cc2ccccc21. The van der Waals surface area contributed by atoms with Crippen LogP contribution in [0.15, 0.2) is 24.3 Å². The Kier molecular flexibility index (Phi) is 10.8. The highest BCUT2D eigenvalue weighted by molar-refractivity contribution is 6.08.